The summed E-state index contributed by atoms with van der Waals surface area (Å²) in [5, 5.41) is 9.46. The van der Waals surface area contributed by atoms with E-state index in [1.54, 1.807) is 22.8 Å². The number of nitrogens with one attached hydrogen (secondary N) is 1. The molecule has 2 aromatic carbocycles. The molecular weight excluding hydrogens is 434 g/mol. The standard InChI is InChI=1S/C25H29N5O2S/c1-2-3-13-33(31,32)30-17-22-14-21(16-26)9-10-24(22)29(19-25-27-11-12-28-25)18-23(30)15-20-7-5-4-6-8-20/h4-12,14,23H,2-3,13,15,17-19H2,1H3,(H,27,28)/t23-/m1/s1. The van der Waals surface area contributed by atoms with E-state index in [1.165, 1.54) is 0 Å². The Morgan fingerprint density at radius 1 is 1.21 bits per heavy atom. The minimum Gasteiger partial charge on any atom is -0.362 e. The summed E-state index contributed by atoms with van der Waals surface area (Å²) in [5.41, 5.74) is 3.41. The summed E-state index contributed by atoms with van der Waals surface area (Å²) in [5.74, 6) is 0.936. The number of hydrogen-bond donors (Lipinski definition) is 1. The Labute approximate surface area is 195 Å². The topological polar surface area (TPSA) is 93.1 Å². The summed E-state index contributed by atoms with van der Waals surface area (Å²) in [6, 6.07) is 17.5. The van der Waals surface area contributed by atoms with Gasteiger partial charge >= 0.3 is 0 Å². The molecule has 0 fully saturated rings. The highest BCUT2D eigenvalue weighted by Gasteiger charge is 2.35. The van der Waals surface area contributed by atoms with Crippen molar-refractivity contribution in [2.24, 2.45) is 0 Å². The molecule has 1 atom stereocenters. The van der Waals surface area contributed by atoms with Crippen molar-refractivity contribution in [3.63, 3.8) is 0 Å². The Bertz CT molecular complexity index is 1200. The minimum atomic E-state index is -3.49. The number of hydrogen-bond acceptors (Lipinski definition) is 5. The lowest BCUT2D eigenvalue weighted by atomic mass is 10.1. The molecule has 0 bridgehead atoms. The monoisotopic (exact) mass is 463 g/mol. The van der Waals surface area contributed by atoms with Gasteiger partial charge < -0.3 is 9.88 Å². The predicted molar refractivity (Wildman–Crippen MR) is 129 cm³/mol. The van der Waals surface area contributed by atoms with E-state index in [-0.39, 0.29) is 18.3 Å². The quantitative estimate of drug-likeness (QED) is 0.548. The number of imidazole rings is 1. The fraction of sp³-hybridized carbons (Fsp3) is 0.360. The number of unbranched alkanes of at least 4 members (excludes halogenated alkanes) is 1. The third kappa shape index (κ3) is 5.44. The van der Waals surface area contributed by atoms with Gasteiger partial charge in [-0.3, -0.25) is 0 Å². The molecule has 1 aromatic heterocycles. The number of rotatable bonds is 8. The predicted octanol–water partition coefficient (Wildman–Crippen LogP) is 3.84. The molecule has 3 aromatic rings. The van der Waals surface area contributed by atoms with Gasteiger partial charge in [0, 0.05) is 37.2 Å². The van der Waals surface area contributed by atoms with Crippen LogP contribution in [-0.4, -0.2) is 41.0 Å². The second-order valence-electron chi connectivity index (χ2n) is 8.43. The maximum atomic E-state index is 13.5. The fourth-order valence-electron chi connectivity index (χ4n) is 4.37. The van der Waals surface area contributed by atoms with Crippen LogP contribution in [0.15, 0.2) is 60.9 Å². The van der Waals surface area contributed by atoms with E-state index < -0.39 is 10.0 Å². The largest absolute Gasteiger partial charge is 0.362 e. The Morgan fingerprint density at radius 3 is 2.73 bits per heavy atom. The lowest BCUT2D eigenvalue weighted by Crippen LogP contribution is -2.46. The highest BCUT2D eigenvalue weighted by atomic mass is 32.2. The minimum absolute atomic E-state index is 0.125. The number of nitrogens with zero attached hydrogens (tertiary/aromatic N) is 4. The number of sulfonamides is 1. The molecule has 172 valence electrons. The molecule has 0 amide bonds. The zero-order valence-corrected chi connectivity index (χ0v) is 19.6. The Kier molecular flexibility index (Phi) is 7.11. The molecule has 1 aliphatic heterocycles. The number of benzene rings is 2. The van der Waals surface area contributed by atoms with Gasteiger partial charge in [0.1, 0.15) is 5.82 Å². The third-order valence-corrected chi connectivity index (χ3v) is 7.98. The number of fused-ring (bicyclic) bond motifs is 1. The molecule has 1 aliphatic rings. The van der Waals surface area contributed by atoms with Crippen LogP contribution in [-0.2, 0) is 29.5 Å². The van der Waals surface area contributed by atoms with E-state index in [4.69, 9.17) is 0 Å². The van der Waals surface area contributed by atoms with Crippen molar-refractivity contribution < 1.29 is 8.42 Å². The number of anilines is 1. The van der Waals surface area contributed by atoms with Crippen molar-refractivity contribution in [1.82, 2.24) is 14.3 Å². The highest BCUT2D eigenvalue weighted by molar-refractivity contribution is 7.89. The van der Waals surface area contributed by atoms with Crippen molar-refractivity contribution in [1.29, 1.82) is 5.26 Å². The molecule has 0 spiro atoms. The Balaban J connectivity index is 1.77. The molecule has 0 radical (unpaired) electrons. The summed E-state index contributed by atoms with van der Waals surface area (Å²) >= 11 is 0. The van der Waals surface area contributed by atoms with Gasteiger partial charge in [0.25, 0.3) is 0 Å². The van der Waals surface area contributed by atoms with Gasteiger partial charge in [0.2, 0.25) is 10.0 Å². The van der Waals surface area contributed by atoms with E-state index in [1.807, 2.05) is 49.4 Å². The first-order valence-corrected chi connectivity index (χ1v) is 12.9. The molecule has 0 saturated heterocycles. The van der Waals surface area contributed by atoms with Crippen LogP contribution < -0.4 is 4.90 Å². The molecule has 2 heterocycles. The van der Waals surface area contributed by atoms with Crippen LogP contribution in [0.3, 0.4) is 0 Å². The zero-order chi connectivity index (χ0) is 23.3. The summed E-state index contributed by atoms with van der Waals surface area (Å²) in [6.07, 6.45) is 5.56. The molecular formula is C25H29N5O2S. The fourth-order valence-corrected chi connectivity index (χ4v) is 6.19. The first-order valence-electron chi connectivity index (χ1n) is 11.3. The van der Waals surface area contributed by atoms with Crippen LogP contribution in [0.5, 0.6) is 0 Å². The number of aromatic amines is 1. The zero-order valence-electron chi connectivity index (χ0n) is 18.8. The molecule has 7 nitrogen and oxygen atoms in total. The molecule has 1 N–H and O–H groups in total. The molecule has 0 unspecified atom stereocenters. The third-order valence-electron chi connectivity index (χ3n) is 6.04. The smallest absolute Gasteiger partial charge is 0.214 e. The van der Waals surface area contributed by atoms with Gasteiger partial charge in [0.15, 0.2) is 0 Å². The SMILES string of the molecule is CCCCS(=O)(=O)N1Cc2cc(C#N)ccc2N(Cc2ncc[nH]2)C[C@H]1Cc1ccccc1. The normalized spacial score (nSPS) is 16.7. The van der Waals surface area contributed by atoms with Crippen molar-refractivity contribution in [2.45, 2.75) is 45.3 Å². The second-order valence-corrected chi connectivity index (χ2v) is 10.5. The second kappa shape index (κ2) is 10.2. The Morgan fingerprint density at radius 2 is 2.03 bits per heavy atom. The van der Waals surface area contributed by atoms with Gasteiger partial charge in [-0.25, -0.2) is 13.4 Å². The van der Waals surface area contributed by atoms with Crippen LogP contribution in [0.25, 0.3) is 0 Å². The first-order chi connectivity index (χ1) is 16.0. The lowest BCUT2D eigenvalue weighted by molar-refractivity contribution is 0.317. The van der Waals surface area contributed by atoms with Gasteiger partial charge in [0.05, 0.1) is 23.9 Å². The van der Waals surface area contributed by atoms with E-state index >= 15 is 0 Å². The maximum absolute atomic E-state index is 13.5. The average Bonchev–Trinajstić information content (AvgIpc) is 3.28. The van der Waals surface area contributed by atoms with E-state index in [0.717, 1.165) is 29.1 Å². The average molecular weight is 464 g/mol. The molecule has 4 rings (SSSR count). The molecule has 8 heteroatoms. The van der Waals surface area contributed by atoms with Crippen molar-refractivity contribution in [3.05, 3.63) is 83.4 Å². The van der Waals surface area contributed by atoms with E-state index in [2.05, 4.69) is 20.9 Å². The molecule has 0 aliphatic carbocycles. The summed E-state index contributed by atoms with van der Waals surface area (Å²) in [7, 11) is -3.49. The van der Waals surface area contributed by atoms with Crippen molar-refractivity contribution in [3.8, 4) is 6.07 Å². The van der Waals surface area contributed by atoms with Crippen LogP contribution in [0.2, 0.25) is 0 Å². The van der Waals surface area contributed by atoms with Crippen LogP contribution >= 0.6 is 0 Å². The summed E-state index contributed by atoms with van der Waals surface area (Å²) in [6.45, 7) is 3.31. The van der Waals surface area contributed by atoms with E-state index in [9.17, 15) is 13.7 Å². The van der Waals surface area contributed by atoms with Gasteiger partial charge in [-0.1, -0.05) is 43.7 Å². The highest BCUT2D eigenvalue weighted by Crippen LogP contribution is 2.32. The first kappa shape index (κ1) is 23.0. The molecule has 0 saturated carbocycles. The van der Waals surface area contributed by atoms with Crippen molar-refractivity contribution >= 4 is 15.7 Å². The Hall–Kier alpha value is -3.15. The maximum Gasteiger partial charge on any atom is 0.214 e. The van der Waals surface area contributed by atoms with Crippen molar-refractivity contribution in [2.75, 3.05) is 17.2 Å². The lowest BCUT2D eigenvalue weighted by Gasteiger charge is -2.32. The summed E-state index contributed by atoms with van der Waals surface area (Å²) in [4.78, 5) is 9.72. The number of H-pyrrole nitrogens is 1. The number of nitriles is 1. The van der Waals surface area contributed by atoms with Crippen LogP contribution in [0.1, 0.15) is 42.3 Å². The molecule has 33 heavy (non-hydrogen) atoms. The number of aromatic nitrogens is 2. The van der Waals surface area contributed by atoms with Gasteiger partial charge in [-0.05, 0) is 42.2 Å². The van der Waals surface area contributed by atoms with E-state index in [0.29, 0.717) is 31.5 Å². The van der Waals surface area contributed by atoms with Crippen LogP contribution in [0, 0.1) is 11.3 Å². The summed E-state index contributed by atoms with van der Waals surface area (Å²) < 4.78 is 28.7. The van der Waals surface area contributed by atoms with Gasteiger partial charge in [-0.15, -0.1) is 0 Å². The van der Waals surface area contributed by atoms with Crippen LogP contribution in [0.4, 0.5) is 5.69 Å². The van der Waals surface area contributed by atoms with Gasteiger partial charge in [-0.2, -0.15) is 9.57 Å².